The molecule has 25 heavy (non-hydrogen) atoms. The number of halogens is 1. The van der Waals surface area contributed by atoms with Crippen molar-refractivity contribution < 1.29 is 17.6 Å². The van der Waals surface area contributed by atoms with Crippen molar-refractivity contribution in [1.82, 2.24) is 14.8 Å². The molecule has 0 radical (unpaired) electrons. The van der Waals surface area contributed by atoms with Crippen LogP contribution >= 0.6 is 0 Å². The summed E-state index contributed by atoms with van der Waals surface area (Å²) in [6.45, 7) is 0. The lowest BCUT2D eigenvalue weighted by Crippen LogP contribution is -2.14. The predicted molar refractivity (Wildman–Crippen MR) is 88.8 cm³/mol. The number of hydrogen-bond donors (Lipinski definition) is 1. The molecule has 1 aromatic carbocycles. The first-order chi connectivity index (χ1) is 11.8. The van der Waals surface area contributed by atoms with Crippen molar-refractivity contribution in [3.05, 3.63) is 66.4 Å². The van der Waals surface area contributed by atoms with E-state index in [0.29, 0.717) is 5.69 Å². The van der Waals surface area contributed by atoms with Crippen molar-refractivity contribution in [2.45, 2.75) is 5.03 Å². The number of pyridine rings is 1. The summed E-state index contributed by atoms with van der Waals surface area (Å²) in [5, 5.41) is 6.50. The second-order valence-corrected chi connectivity index (χ2v) is 7.17. The summed E-state index contributed by atoms with van der Waals surface area (Å²) in [7, 11) is -3.41. The molecule has 0 unspecified atom stereocenters. The molecule has 0 fully saturated rings. The first-order valence-corrected chi connectivity index (χ1v) is 9.02. The highest BCUT2D eigenvalue weighted by Gasteiger charge is 2.13. The highest BCUT2D eigenvalue weighted by atomic mass is 32.2. The zero-order valence-electron chi connectivity index (χ0n) is 13.0. The third-order valence-electron chi connectivity index (χ3n) is 3.30. The highest BCUT2D eigenvalue weighted by Crippen LogP contribution is 2.14. The first kappa shape index (κ1) is 16.8. The Morgan fingerprint density at radius 3 is 2.56 bits per heavy atom. The second-order valence-electron chi connectivity index (χ2n) is 5.21. The van der Waals surface area contributed by atoms with Crippen LogP contribution in [-0.4, -0.2) is 35.3 Å². The van der Waals surface area contributed by atoms with E-state index in [9.17, 15) is 17.6 Å². The van der Waals surface area contributed by atoms with E-state index in [1.165, 1.54) is 47.4 Å². The van der Waals surface area contributed by atoms with Crippen LogP contribution in [0.5, 0.6) is 0 Å². The van der Waals surface area contributed by atoms with Gasteiger partial charge in [-0.05, 0) is 30.3 Å². The summed E-state index contributed by atoms with van der Waals surface area (Å²) >= 11 is 0. The van der Waals surface area contributed by atoms with Crippen LogP contribution in [0.4, 0.5) is 10.1 Å². The molecule has 2 aromatic heterocycles. The molecule has 7 nitrogen and oxygen atoms in total. The summed E-state index contributed by atoms with van der Waals surface area (Å²) in [5.74, 6) is -0.984. The molecule has 0 aliphatic rings. The number of rotatable bonds is 4. The Labute approximate surface area is 143 Å². The Morgan fingerprint density at radius 2 is 1.92 bits per heavy atom. The average Bonchev–Trinajstić information content (AvgIpc) is 3.05. The average molecular weight is 360 g/mol. The number of aromatic nitrogens is 3. The van der Waals surface area contributed by atoms with Gasteiger partial charge in [-0.1, -0.05) is 12.1 Å². The number of amides is 1. The van der Waals surface area contributed by atoms with Gasteiger partial charge in [-0.2, -0.15) is 5.10 Å². The quantitative estimate of drug-likeness (QED) is 0.769. The summed E-state index contributed by atoms with van der Waals surface area (Å²) in [6.07, 6.45) is 3.75. The molecule has 0 atom stereocenters. The monoisotopic (exact) mass is 360 g/mol. The van der Waals surface area contributed by atoms with Crippen LogP contribution in [0.3, 0.4) is 0 Å². The van der Waals surface area contributed by atoms with Gasteiger partial charge < -0.3 is 5.32 Å². The van der Waals surface area contributed by atoms with Gasteiger partial charge in [0, 0.05) is 12.5 Å². The van der Waals surface area contributed by atoms with Crippen molar-refractivity contribution in [2.75, 3.05) is 11.6 Å². The van der Waals surface area contributed by atoms with Crippen LogP contribution in [0.1, 0.15) is 10.5 Å². The SMILES string of the molecule is CS(=O)(=O)c1ccc(NC(=O)c2ccn(-c3ccccc3F)n2)cn1. The van der Waals surface area contributed by atoms with Gasteiger partial charge in [0.1, 0.15) is 11.5 Å². The largest absolute Gasteiger partial charge is 0.319 e. The summed E-state index contributed by atoms with van der Waals surface area (Å²) < 4.78 is 37.7. The molecule has 3 rings (SSSR count). The zero-order chi connectivity index (χ0) is 18.0. The van der Waals surface area contributed by atoms with Crippen molar-refractivity contribution in [3.8, 4) is 5.69 Å². The fourth-order valence-corrected chi connectivity index (χ4v) is 2.64. The maximum absolute atomic E-state index is 13.7. The number of carbonyl (C=O) groups excluding carboxylic acids is 1. The lowest BCUT2D eigenvalue weighted by Gasteiger charge is -2.04. The van der Waals surface area contributed by atoms with Crippen LogP contribution in [-0.2, 0) is 9.84 Å². The van der Waals surface area contributed by atoms with Gasteiger partial charge in [-0.25, -0.2) is 22.5 Å². The molecule has 0 saturated carbocycles. The summed E-state index contributed by atoms with van der Waals surface area (Å²) in [4.78, 5) is 16.0. The fraction of sp³-hybridized carbons (Fsp3) is 0.0625. The normalized spacial score (nSPS) is 11.3. The number of carbonyl (C=O) groups is 1. The Hall–Kier alpha value is -3.07. The highest BCUT2D eigenvalue weighted by molar-refractivity contribution is 7.90. The summed E-state index contributed by atoms with van der Waals surface area (Å²) in [5.41, 5.74) is 0.619. The molecule has 3 aromatic rings. The van der Waals surface area contributed by atoms with Gasteiger partial charge in [-0.3, -0.25) is 4.79 Å². The number of sulfone groups is 1. The Bertz CT molecular complexity index is 1030. The zero-order valence-corrected chi connectivity index (χ0v) is 13.9. The van der Waals surface area contributed by atoms with Gasteiger partial charge in [0.15, 0.2) is 20.6 Å². The minimum absolute atomic E-state index is 0.0791. The van der Waals surface area contributed by atoms with Crippen molar-refractivity contribution in [3.63, 3.8) is 0 Å². The van der Waals surface area contributed by atoms with Crippen molar-refractivity contribution >= 4 is 21.4 Å². The van der Waals surface area contributed by atoms with Crippen molar-refractivity contribution in [2.24, 2.45) is 0 Å². The third kappa shape index (κ3) is 3.72. The minimum atomic E-state index is -3.41. The van der Waals surface area contributed by atoms with Gasteiger partial charge in [0.05, 0.1) is 11.9 Å². The van der Waals surface area contributed by atoms with Crippen LogP contribution in [0.2, 0.25) is 0 Å². The van der Waals surface area contributed by atoms with Crippen LogP contribution in [0.25, 0.3) is 5.69 Å². The topological polar surface area (TPSA) is 94.0 Å². The molecular formula is C16H13FN4O3S. The standard InChI is InChI=1S/C16H13FN4O3S/c1-25(23,24)15-7-6-11(10-18-15)19-16(22)13-8-9-21(20-13)14-5-3-2-4-12(14)17/h2-10H,1H3,(H,19,22). The Balaban J connectivity index is 1.77. The fourth-order valence-electron chi connectivity index (χ4n) is 2.09. The molecule has 9 heteroatoms. The maximum atomic E-state index is 13.7. The number of nitrogens with one attached hydrogen (secondary N) is 1. The lowest BCUT2D eigenvalue weighted by molar-refractivity contribution is 0.102. The smallest absolute Gasteiger partial charge is 0.276 e. The molecule has 1 N–H and O–H groups in total. The van der Waals surface area contributed by atoms with Crippen LogP contribution in [0.15, 0.2) is 59.9 Å². The van der Waals surface area contributed by atoms with Crippen LogP contribution < -0.4 is 5.32 Å². The maximum Gasteiger partial charge on any atom is 0.276 e. The van der Waals surface area contributed by atoms with E-state index in [-0.39, 0.29) is 16.4 Å². The molecule has 0 saturated heterocycles. The van der Waals surface area contributed by atoms with E-state index in [1.807, 2.05) is 0 Å². The number of anilines is 1. The van der Waals surface area contributed by atoms with Gasteiger partial charge in [-0.15, -0.1) is 0 Å². The Kier molecular flexibility index (Phi) is 4.32. The molecule has 2 heterocycles. The van der Waals surface area contributed by atoms with Gasteiger partial charge >= 0.3 is 0 Å². The van der Waals surface area contributed by atoms with Gasteiger partial charge in [0.25, 0.3) is 5.91 Å². The van der Waals surface area contributed by atoms with Crippen LogP contribution in [0, 0.1) is 5.82 Å². The molecule has 0 spiro atoms. The predicted octanol–water partition coefficient (Wildman–Crippen LogP) is 2.06. The van der Waals surface area contributed by atoms with E-state index >= 15 is 0 Å². The third-order valence-corrected chi connectivity index (χ3v) is 4.30. The number of nitrogens with zero attached hydrogens (tertiary/aromatic N) is 3. The number of hydrogen-bond acceptors (Lipinski definition) is 5. The first-order valence-electron chi connectivity index (χ1n) is 7.12. The molecule has 0 aliphatic heterocycles. The van der Waals surface area contributed by atoms with E-state index in [4.69, 9.17) is 0 Å². The van der Waals surface area contributed by atoms with Crippen molar-refractivity contribution in [1.29, 1.82) is 0 Å². The molecular weight excluding hydrogens is 347 g/mol. The Morgan fingerprint density at radius 1 is 1.16 bits per heavy atom. The van der Waals surface area contributed by atoms with E-state index in [2.05, 4.69) is 15.4 Å². The molecule has 0 bridgehead atoms. The molecule has 0 aliphatic carbocycles. The van der Waals surface area contributed by atoms with E-state index < -0.39 is 21.6 Å². The number of para-hydroxylation sites is 1. The summed E-state index contributed by atoms with van der Waals surface area (Å²) in [6, 6.07) is 10.2. The minimum Gasteiger partial charge on any atom is -0.319 e. The lowest BCUT2D eigenvalue weighted by atomic mass is 10.3. The van der Waals surface area contributed by atoms with E-state index in [1.54, 1.807) is 12.1 Å². The van der Waals surface area contributed by atoms with E-state index in [0.717, 1.165) is 6.26 Å². The second kappa shape index (κ2) is 6.44. The molecule has 1 amide bonds. The van der Waals surface area contributed by atoms with Gasteiger partial charge in [0.2, 0.25) is 0 Å². The molecule has 128 valence electrons. The number of benzene rings is 1.